The molecule has 0 unspecified atom stereocenters. The van der Waals surface area contributed by atoms with Gasteiger partial charge in [-0.2, -0.15) is 0 Å². The summed E-state index contributed by atoms with van der Waals surface area (Å²) in [6, 6.07) is 3.56. The number of aromatic hydroxyl groups is 1. The van der Waals surface area contributed by atoms with E-state index >= 15 is 0 Å². The summed E-state index contributed by atoms with van der Waals surface area (Å²) in [5.41, 5.74) is 2.11. The van der Waals surface area contributed by atoms with Gasteiger partial charge in [0.05, 0.1) is 18.8 Å². The van der Waals surface area contributed by atoms with E-state index in [9.17, 15) is 15.0 Å². The van der Waals surface area contributed by atoms with Crippen LogP contribution in [-0.2, 0) is 30.5 Å². The van der Waals surface area contributed by atoms with E-state index in [-0.39, 0.29) is 41.1 Å². The largest absolute Gasteiger partial charge is 0.507 e. The van der Waals surface area contributed by atoms with Gasteiger partial charge in [-0.1, -0.05) is 68.2 Å². The van der Waals surface area contributed by atoms with Gasteiger partial charge in [0.15, 0.2) is 5.78 Å². The van der Waals surface area contributed by atoms with Gasteiger partial charge in [-0.15, -0.1) is 0 Å². The Hall–Kier alpha value is -2.34. The van der Waals surface area contributed by atoms with Crippen molar-refractivity contribution in [2.45, 2.75) is 105 Å². The van der Waals surface area contributed by atoms with Crippen molar-refractivity contribution in [1.29, 1.82) is 5.41 Å². The number of imidazole rings is 1. The number of carbonyl (C=O) groups is 1. The number of phenols is 1. The molecular weight excluding hydrogens is 414 g/mol. The van der Waals surface area contributed by atoms with Crippen LogP contribution < -0.4 is 5.62 Å². The van der Waals surface area contributed by atoms with Crippen LogP contribution in [0.3, 0.4) is 0 Å². The third-order valence-electron chi connectivity index (χ3n) is 6.62. The third-order valence-corrected chi connectivity index (χ3v) is 6.62. The molecule has 1 aromatic carbocycles. The quantitative estimate of drug-likeness (QED) is 0.448. The second-order valence-electron chi connectivity index (χ2n) is 11.2. The Morgan fingerprint density at radius 2 is 1.55 bits per heavy atom. The summed E-state index contributed by atoms with van der Waals surface area (Å²) in [4.78, 5) is 13.4. The lowest BCUT2D eigenvalue weighted by Gasteiger charge is -2.28. The molecule has 0 radical (unpaired) electrons. The second kappa shape index (κ2) is 10.3. The molecule has 6 nitrogen and oxygen atoms in total. The average Bonchev–Trinajstić information content (AvgIpc) is 3.02. The number of aliphatic hydroxyl groups excluding tert-OH is 1. The van der Waals surface area contributed by atoms with Crippen molar-refractivity contribution in [2.75, 3.05) is 0 Å². The van der Waals surface area contributed by atoms with Gasteiger partial charge in [0.25, 0.3) is 0 Å². The van der Waals surface area contributed by atoms with Crippen LogP contribution in [0.2, 0.25) is 0 Å². The van der Waals surface area contributed by atoms with Crippen LogP contribution >= 0.6 is 0 Å². The maximum absolute atomic E-state index is 13.4. The number of hydrogen-bond donors (Lipinski definition) is 3. The average molecular weight is 458 g/mol. The minimum Gasteiger partial charge on any atom is -0.507 e. The first-order valence-corrected chi connectivity index (χ1v) is 12.1. The van der Waals surface area contributed by atoms with Crippen LogP contribution in [0, 0.1) is 11.3 Å². The Labute approximate surface area is 198 Å². The van der Waals surface area contributed by atoms with Crippen molar-refractivity contribution < 1.29 is 15.0 Å². The number of nitrogens with zero attached hydrogens (tertiary/aromatic N) is 2. The molecule has 2 rings (SSSR count). The molecule has 0 saturated carbocycles. The summed E-state index contributed by atoms with van der Waals surface area (Å²) < 4.78 is 3.42. The lowest BCUT2D eigenvalue weighted by atomic mass is 9.78. The summed E-state index contributed by atoms with van der Waals surface area (Å²) in [6.07, 6.45) is 4.96. The van der Waals surface area contributed by atoms with Gasteiger partial charge in [-0.05, 0) is 35.3 Å². The lowest BCUT2D eigenvalue weighted by Crippen LogP contribution is -2.29. The fourth-order valence-electron chi connectivity index (χ4n) is 4.27. The van der Waals surface area contributed by atoms with Gasteiger partial charge < -0.3 is 19.3 Å². The standard InChI is InChI=1S/C27H43N3O3/c1-9-18(10-2)11-12-29-15-20(17-31)30(25(29)28)16-23(32)19-13-21(26(3,4)5)24(33)22(14-19)27(6,7)8/h13-15,18,28,31,33H,9-12,16-17H2,1-8H3. The molecule has 3 N–H and O–H groups in total. The van der Waals surface area contributed by atoms with E-state index < -0.39 is 0 Å². The molecule has 184 valence electrons. The zero-order chi connectivity index (χ0) is 25.1. The molecule has 0 spiro atoms. The molecule has 0 aliphatic carbocycles. The number of ketones is 1. The Kier molecular flexibility index (Phi) is 8.39. The molecule has 0 amide bonds. The number of benzene rings is 1. The number of hydrogen-bond acceptors (Lipinski definition) is 4. The van der Waals surface area contributed by atoms with Crippen molar-refractivity contribution >= 4 is 5.78 Å². The van der Waals surface area contributed by atoms with E-state index in [1.54, 1.807) is 22.9 Å². The molecule has 0 saturated heterocycles. The van der Waals surface area contributed by atoms with Crippen LogP contribution in [0.15, 0.2) is 18.3 Å². The first-order chi connectivity index (χ1) is 15.2. The van der Waals surface area contributed by atoms with E-state index in [2.05, 4.69) is 13.8 Å². The normalized spacial score (nSPS) is 12.5. The SMILES string of the molecule is CCC(CC)CCn1cc(CO)n(CC(=O)c2cc(C(C)(C)C)c(O)c(C(C)(C)C)c2)c1=N. The monoisotopic (exact) mass is 457 g/mol. The highest BCUT2D eigenvalue weighted by molar-refractivity contribution is 5.96. The van der Waals surface area contributed by atoms with Gasteiger partial charge in [0, 0.05) is 29.4 Å². The maximum Gasteiger partial charge on any atom is 0.202 e. The molecule has 1 heterocycles. The summed E-state index contributed by atoms with van der Waals surface area (Å²) in [7, 11) is 0. The molecule has 0 aliphatic heterocycles. The van der Waals surface area contributed by atoms with Crippen molar-refractivity contribution in [3.8, 4) is 5.75 Å². The Morgan fingerprint density at radius 1 is 1.03 bits per heavy atom. The highest BCUT2D eigenvalue weighted by atomic mass is 16.3. The first kappa shape index (κ1) is 26.9. The van der Waals surface area contributed by atoms with Crippen molar-refractivity contribution in [3.63, 3.8) is 0 Å². The fraction of sp³-hybridized carbons (Fsp3) is 0.630. The number of carbonyl (C=O) groups excluding carboxylic acids is 1. The molecule has 0 atom stereocenters. The van der Waals surface area contributed by atoms with E-state index in [4.69, 9.17) is 5.41 Å². The topological polar surface area (TPSA) is 91.2 Å². The summed E-state index contributed by atoms with van der Waals surface area (Å²) in [6.45, 7) is 16.9. The number of Topliss-reactive ketones (excluding diaryl/α,β-unsaturated/α-hetero) is 1. The fourth-order valence-corrected chi connectivity index (χ4v) is 4.27. The summed E-state index contributed by atoms with van der Waals surface area (Å²) in [5.74, 6) is 0.698. The van der Waals surface area contributed by atoms with Crippen LogP contribution in [-0.4, -0.2) is 25.1 Å². The number of aromatic nitrogens is 2. The molecule has 1 aromatic heterocycles. The van der Waals surface area contributed by atoms with Gasteiger partial charge in [-0.25, -0.2) is 0 Å². The van der Waals surface area contributed by atoms with Crippen LogP contribution in [0.5, 0.6) is 5.75 Å². The third kappa shape index (κ3) is 6.17. The number of rotatable bonds is 9. The lowest BCUT2D eigenvalue weighted by molar-refractivity contribution is 0.0967. The zero-order valence-electron chi connectivity index (χ0n) is 21.7. The van der Waals surface area contributed by atoms with E-state index in [0.29, 0.717) is 23.7 Å². The molecule has 0 bridgehead atoms. The highest BCUT2D eigenvalue weighted by Gasteiger charge is 2.28. The van der Waals surface area contributed by atoms with Crippen LogP contribution in [0.4, 0.5) is 0 Å². The molecule has 0 aliphatic rings. The predicted molar refractivity (Wildman–Crippen MR) is 133 cm³/mol. The molecule has 2 aromatic rings. The zero-order valence-corrected chi connectivity index (χ0v) is 21.7. The van der Waals surface area contributed by atoms with E-state index in [0.717, 1.165) is 30.4 Å². The van der Waals surface area contributed by atoms with Gasteiger partial charge in [0.2, 0.25) is 5.62 Å². The van der Waals surface area contributed by atoms with Crippen molar-refractivity contribution in [1.82, 2.24) is 9.13 Å². The molecule has 33 heavy (non-hydrogen) atoms. The minimum atomic E-state index is -0.331. The number of phenolic OH excluding ortho intramolecular Hbond substituents is 1. The summed E-state index contributed by atoms with van der Waals surface area (Å²) >= 11 is 0. The number of aryl methyl sites for hydroxylation is 1. The Bertz CT molecular complexity index is 993. The van der Waals surface area contributed by atoms with Crippen LogP contribution in [0.1, 0.15) is 102 Å². The smallest absolute Gasteiger partial charge is 0.202 e. The van der Waals surface area contributed by atoms with Crippen molar-refractivity contribution in [2.24, 2.45) is 5.92 Å². The van der Waals surface area contributed by atoms with E-state index in [1.807, 2.05) is 46.1 Å². The maximum atomic E-state index is 13.4. The van der Waals surface area contributed by atoms with Crippen molar-refractivity contribution in [3.05, 3.63) is 46.3 Å². The molecule has 6 heteroatoms. The van der Waals surface area contributed by atoms with Gasteiger partial charge in [0.1, 0.15) is 5.75 Å². The Morgan fingerprint density at radius 3 is 1.97 bits per heavy atom. The summed E-state index contributed by atoms with van der Waals surface area (Å²) in [5, 5.41) is 29.5. The number of nitrogens with one attached hydrogen (secondary N) is 1. The molecule has 0 fully saturated rings. The second-order valence-corrected chi connectivity index (χ2v) is 11.2. The predicted octanol–water partition coefficient (Wildman–Crippen LogP) is 5.27. The first-order valence-electron chi connectivity index (χ1n) is 12.1. The minimum absolute atomic E-state index is 0.0232. The van der Waals surface area contributed by atoms with Gasteiger partial charge in [-0.3, -0.25) is 10.2 Å². The number of aliphatic hydroxyl groups is 1. The highest BCUT2D eigenvalue weighted by Crippen LogP contribution is 2.39. The molecular formula is C27H43N3O3. The van der Waals surface area contributed by atoms with E-state index in [1.165, 1.54) is 0 Å². The van der Waals surface area contributed by atoms with Gasteiger partial charge >= 0.3 is 0 Å². The van der Waals surface area contributed by atoms with Crippen LogP contribution in [0.25, 0.3) is 0 Å². The Balaban J connectivity index is 2.45.